The number of hydrogen-bond donors (Lipinski definition) is 0. The molecule has 142 valence electrons. The van der Waals surface area contributed by atoms with E-state index in [1.807, 2.05) is 41.3 Å². The molecule has 3 aromatic rings. The van der Waals surface area contributed by atoms with Crippen LogP contribution in [-0.4, -0.2) is 23.5 Å². The quantitative estimate of drug-likeness (QED) is 0.606. The van der Waals surface area contributed by atoms with Crippen molar-refractivity contribution in [1.29, 1.82) is 0 Å². The smallest absolute Gasteiger partial charge is 0.252 e. The van der Waals surface area contributed by atoms with Crippen molar-refractivity contribution in [3.63, 3.8) is 0 Å². The van der Waals surface area contributed by atoms with E-state index in [0.29, 0.717) is 19.7 Å². The van der Waals surface area contributed by atoms with E-state index in [4.69, 9.17) is 4.74 Å². The lowest BCUT2D eigenvalue weighted by Crippen LogP contribution is -2.38. The topological polar surface area (TPSA) is 29.5 Å². The van der Waals surface area contributed by atoms with E-state index in [2.05, 4.69) is 48.5 Å². The van der Waals surface area contributed by atoms with Crippen molar-refractivity contribution in [2.45, 2.75) is 32.0 Å². The number of nitrogens with zero attached hydrogens (tertiary/aromatic N) is 1. The van der Waals surface area contributed by atoms with Gasteiger partial charge in [-0.15, -0.1) is 0 Å². The molecule has 0 spiro atoms. The number of ether oxygens (including phenoxy) is 1. The van der Waals surface area contributed by atoms with E-state index in [1.54, 1.807) is 0 Å². The molecule has 28 heavy (non-hydrogen) atoms. The highest BCUT2D eigenvalue weighted by Crippen LogP contribution is 2.23. The Morgan fingerprint density at radius 2 is 1.46 bits per heavy atom. The Balaban J connectivity index is 1.57. The van der Waals surface area contributed by atoms with Crippen LogP contribution < -0.4 is 0 Å². The molecule has 0 aromatic heterocycles. The molecule has 0 bridgehead atoms. The molecule has 0 aliphatic carbocycles. The average Bonchev–Trinajstić information content (AvgIpc) is 3.29. The van der Waals surface area contributed by atoms with E-state index < -0.39 is 0 Å². The summed E-state index contributed by atoms with van der Waals surface area (Å²) in [4.78, 5) is 15.0. The number of amides is 1. The zero-order valence-electron chi connectivity index (χ0n) is 16.0. The Bertz CT molecular complexity index is 902. The zero-order chi connectivity index (χ0) is 19.2. The molecule has 4 rings (SSSR count). The first-order valence-corrected chi connectivity index (χ1v) is 9.88. The van der Waals surface area contributed by atoms with Crippen LogP contribution in [0.1, 0.15) is 24.0 Å². The molecule has 1 fully saturated rings. The second kappa shape index (κ2) is 8.85. The van der Waals surface area contributed by atoms with Crippen LogP contribution in [0.3, 0.4) is 0 Å². The van der Waals surface area contributed by atoms with Crippen molar-refractivity contribution < 1.29 is 9.53 Å². The van der Waals surface area contributed by atoms with Gasteiger partial charge in [-0.1, -0.05) is 78.9 Å². The summed E-state index contributed by atoms with van der Waals surface area (Å²) in [6.45, 7) is 1.85. The zero-order valence-corrected chi connectivity index (χ0v) is 16.0. The molecule has 0 N–H and O–H groups in total. The number of carbonyl (C=O) groups excluding carboxylic acids is 1. The predicted octanol–water partition coefficient (Wildman–Crippen LogP) is 5.06. The van der Waals surface area contributed by atoms with Crippen LogP contribution in [0, 0.1) is 0 Å². The first-order valence-electron chi connectivity index (χ1n) is 9.88. The second-order valence-corrected chi connectivity index (χ2v) is 7.25. The summed E-state index contributed by atoms with van der Waals surface area (Å²) in [5.74, 6) is 0.0893. The van der Waals surface area contributed by atoms with Crippen molar-refractivity contribution in [2.24, 2.45) is 0 Å². The van der Waals surface area contributed by atoms with Crippen molar-refractivity contribution in [1.82, 2.24) is 4.90 Å². The van der Waals surface area contributed by atoms with Gasteiger partial charge in [0.05, 0.1) is 0 Å². The minimum atomic E-state index is -0.305. The van der Waals surface area contributed by atoms with Crippen LogP contribution in [-0.2, 0) is 22.6 Å². The molecule has 0 saturated carbocycles. The summed E-state index contributed by atoms with van der Waals surface area (Å²) in [5.41, 5.74) is 4.61. The maximum atomic E-state index is 13.1. The van der Waals surface area contributed by atoms with Gasteiger partial charge in [0.1, 0.15) is 6.10 Å². The fourth-order valence-corrected chi connectivity index (χ4v) is 3.69. The summed E-state index contributed by atoms with van der Waals surface area (Å²) in [6, 6.07) is 28.9. The molecule has 1 atom stereocenters. The monoisotopic (exact) mass is 371 g/mol. The van der Waals surface area contributed by atoms with Crippen LogP contribution >= 0.6 is 0 Å². The van der Waals surface area contributed by atoms with Crippen LogP contribution in [0.2, 0.25) is 0 Å². The summed E-state index contributed by atoms with van der Waals surface area (Å²) in [7, 11) is 0. The number of hydrogen-bond acceptors (Lipinski definition) is 2. The van der Waals surface area contributed by atoms with E-state index in [1.165, 1.54) is 11.1 Å². The Morgan fingerprint density at radius 1 is 0.821 bits per heavy atom. The van der Waals surface area contributed by atoms with Crippen LogP contribution in [0.5, 0.6) is 0 Å². The molecule has 3 heteroatoms. The lowest BCUT2D eigenvalue weighted by Gasteiger charge is -2.26. The highest BCUT2D eigenvalue weighted by Gasteiger charge is 2.28. The van der Waals surface area contributed by atoms with Gasteiger partial charge < -0.3 is 9.64 Å². The minimum absolute atomic E-state index is 0.0893. The number of carbonyl (C=O) groups is 1. The average molecular weight is 371 g/mol. The predicted molar refractivity (Wildman–Crippen MR) is 112 cm³/mol. The lowest BCUT2D eigenvalue weighted by molar-refractivity contribution is -0.142. The molecular formula is C25H25NO2. The van der Waals surface area contributed by atoms with Gasteiger partial charge in [0, 0.05) is 19.7 Å². The molecule has 0 unspecified atom stereocenters. The molecule has 1 aliphatic heterocycles. The fourth-order valence-electron chi connectivity index (χ4n) is 3.69. The Morgan fingerprint density at radius 3 is 2.18 bits per heavy atom. The van der Waals surface area contributed by atoms with Gasteiger partial charge in [-0.2, -0.15) is 0 Å². The largest absolute Gasteiger partial charge is 0.368 e. The number of benzene rings is 3. The van der Waals surface area contributed by atoms with E-state index in [0.717, 1.165) is 24.0 Å². The maximum absolute atomic E-state index is 13.1. The summed E-state index contributed by atoms with van der Waals surface area (Å²) >= 11 is 0. The molecular weight excluding hydrogens is 346 g/mol. The lowest BCUT2D eigenvalue weighted by atomic mass is 10.0. The fraction of sp³-hybridized carbons (Fsp3) is 0.240. The Kier molecular flexibility index (Phi) is 5.83. The molecule has 0 radical (unpaired) electrons. The normalized spacial score (nSPS) is 16.1. The summed E-state index contributed by atoms with van der Waals surface area (Å²) in [5, 5.41) is 0. The maximum Gasteiger partial charge on any atom is 0.252 e. The third-order valence-corrected chi connectivity index (χ3v) is 5.14. The van der Waals surface area contributed by atoms with E-state index >= 15 is 0 Å². The van der Waals surface area contributed by atoms with Crippen molar-refractivity contribution in [2.75, 3.05) is 6.61 Å². The van der Waals surface area contributed by atoms with Crippen molar-refractivity contribution >= 4 is 5.91 Å². The molecule has 3 nitrogen and oxygen atoms in total. The second-order valence-electron chi connectivity index (χ2n) is 7.25. The molecule has 1 aliphatic rings. The third kappa shape index (κ3) is 4.49. The van der Waals surface area contributed by atoms with Gasteiger partial charge in [0.15, 0.2) is 0 Å². The standard InChI is InChI=1S/C25H25NO2/c27-25(24-15-8-16-28-24)26(18-20-9-3-1-4-10-20)19-21-11-7-14-23(17-21)22-12-5-2-6-13-22/h1-7,9-14,17,24H,8,15-16,18-19H2/t24-/m1/s1. The molecule has 1 amide bonds. The first kappa shape index (κ1) is 18.5. The summed E-state index contributed by atoms with van der Waals surface area (Å²) < 4.78 is 5.67. The molecule has 1 saturated heterocycles. The van der Waals surface area contributed by atoms with Crippen molar-refractivity contribution in [3.05, 3.63) is 96.1 Å². The van der Waals surface area contributed by atoms with Crippen LogP contribution in [0.15, 0.2) is 84.9 Å². The molecule has 3 aromatic carbocycles. The third-order valence-electron chi connectivity index (χ3n) is 5.14. The van der Waals surface area contributed by atoms with Gasteiger partial charge in [-0.25, -0.2) is 0 Å². The van der Waals surface area contributed by atoms with Gasteiger partial charge in [-0.3, -0.25) is 4.79 Å². The van der Waals surface area contributed by atoms with Gasteiger partial charge in [0.2, 0.25) is 0 Å². The Labute approximate surface area is 166 Å². The van der Waals surface area contributed by atoms with Gasteiger partial charge >= 0.3 is 0 Å². The van der Waals surface area contributed by atoms with Crippen molar-refractivity contribution in [3.8, 4) is 11.1 Å². The van der Waals surface area contributed by atoms with Gasteiger partial charge in [-0.05, 0) is 41.2 Å². The Hall–Kier alpha value is -2.91. The van der Waals surface area contributed by atoms with Gasteiger partial charge in [0.25, 0.3) is 5.91 Å². The van der Waals surface area contributed by atoms with E-state index in [-0.39, 0.29) is 12.0 Å². The highest BCUT2D eigenvalue weighted by atomic mass is 16.5. The van der Waals surface area contributed by atoms with Crippen LogP contribution in [0.25, 0.3) is 11.1 Å². The summed E-state index contributed by atoms with van der Waals surface area (Å²) in [6.07, 6.45) is 1.47. The highest BCUT2D eigenvalue weighted by molar-refractivity contribution is 5.81. The minimum Gasteiger partial charge on any atom is -0.368 e. The van der Waals surface area contributed by atoms with E-state index in [9.17, 15) is 4.79 Å². The molecule has 1 heterocycles. The first-order chi connectivity index (χ1) is 13.8. The number of rotatable bonds is 6. The van der Waals surface area contributed by atoms with Crippen LogP contribution in [0.4, 0.5) is 0 Å². The SMILES string of the molecule is O=C([C@H]1CCCO1)N(Cc1ccccc1)Cc1cccc(-c2ccccc2)c1.